The third-order valence-corrected chi connectivity index (χ3v) is 7.66. The number of nitrogens with one attached hydrogen (secondary N) is 1. The zero-order chi connectivity index (χ0) is 25.8. The normalized spacial score (nSPS) is 14.4. The van der Waals surface area contributed by atoms with Gasteiger partial charge in [0.05, 0.1) is 13.9 Å². The fraction of sp³-hybridized carbons (Fsp3) is 0.0800. The first-order valence-electron chi connectivity index (χ1n) is 10.4. The fourth-order valence-electron chi connectivity index (χ4n) is 3.23. The minimum atomic E-state index is -0.539. The molecule has 0 aliphatic carbocycles. The van der Waals surface area contributed by atoms with Crippen LogP contribution in [0.5, 0.6) is 5.75 Å². The third kappa shape index (κ3) is 6.52. The third-order valence-electron chi connectivity index (χ3n) is 4.95. The van der Waals surface area contributed by atoms with Crippen molar-refractivity contribution in [2.75, 3.05) is 11.9 Å². The molecule has 0 aromatic heterocycles. The zero-order valence-electron chi connectivity index (χ0n) is 18.3. The van der Waals surface area contributed by atoms with Gasteiger partial charge in [-0.25, -0.2) is 0 Å². The van der Waals surface area contributed by atoms with Crippen LogP contribution in [0.2, 0.25) is 10.0 Å². The summed E-state index contributed by atoms with van der Waals surface area (Å²) in [5.74, 6) is -0.465. The molecule has 1 fully saturated rings. The van der Waals surface area contributed by atoms with Gasteiger partial charge in [0, 0.05) is 21.3 Å². The molecule has 1 aliphatic heterocycles. The lowest BCUT2D eigenvalue weighted by Gasteiger charge is -2.13. The molecule has 6 nitrogen and oxygen atoms in total. The molecule has 0 atom stereocenters. The second-order valence-electron chi connectivity index (χ2n) is 7.52. The number of nitrogens with zero attached hydrogens (tertiary/aromatic N) is 1. The Morgan fingerprint density at radius 1 is 1.03 bits per heavy atom. The topological polar surface area (TPSA) is 75.7 Å². The van der Waals surface area contributed by atoms with Crippen LogP contribution in [0.1, 0.15) is 11.1 Å². The molecule has 3 aromatic rings. The average Bonchev–Trinajstić information content (AvgIpc) is 3.08. The Balaban J connectivity index is 1.44. The molecule has 1 aliphatic rings. The number of amides is 3. The molecular weight excluding hydrogens is 655 g/mol. The van der Waals surface area contributed by atoms with Gasteiger partial charge >= 0.3 is 0 Å². The lowest BCUT2D eigenvalue weighted by atomic mass is 10.2. The summed E-state index contributed by atoms with van der Waals surface area (Å²) < 4.78 is 7.23. The molecule has 0 bridgehead atoms. The van der Waals surface area contributed by atoms with Gasteiger partial charge in [-0.3, -0.25) is 19.3 Å². The van der Waals surface area contributed by atoms with Crippen LogP contribution in [-0.2, 0) is 16.2 Å². The highest BCUT2D eigenvalue weighted by atomic mass is 79.9. The monoisotopic (exact) mass is 668 g/mol. The average molecular weight is 671 g/mol. The van der Waals surface area contributed by atoms with E-state index in [0.717, 1.165) is 22.2 Å². The minimum absolute atomic E-state index is 0.211. The van der Waals surface area contributed by atoms with E-state index >= 15 is 0 Å². The van der Waals surface area contributed by atoms with E-state index in [0.29, 0.717) is 36.0 Å². The Morgan fingerprint density at radius 2 is 1.69 bits per heavy atom. The van der Waals surface area contributed by atoms with Gasteiger partial charge in [0.2, 0.25) is 5.91 Å². The number of hydrogen-bond donors (Lipinski definition) is 1. The summed E-state index contributed by atoms with van der Waals surface area (Å²) in [4.78, 5) is 38.8. The quantitative estimate of drug-likeness (QED) is 0.260. The number of carbonyl (C=O) groups excluding carboxylic acids is 3. The summed E-state index contributed by atoms with van der Waals surface area (Å²) >= 11 is 19.8. The highest BCUT2D eigenvalue weighted by molar-refractivity contribution is 9.11. The molecule has 1 heterocycles. The summed E-state index contributed by atoms with van der Waals surface area (Å²) in [6.45, 7) is -0.125. The predicted molar refractivity (Wildman–Crippen MR) is 150 cm³/mol. The first-order chi connectivity index (χ1) is 17.2. The van der Waals surface area contributed by atoms with Gasteiger partial charge in [0.15, 0.2) is 0 Å². The minimum Gasteiger partial charge on any atom is -0.486 e. The van der Waals surface area contributed by atoms with Crippen molar-refractivity contribution in [2.24, 2.45) is 0 Å². The van der Waals surface area contributed by atoms with Crippen molar-refractivity contribution in [1.29, 1.82) is 0 Å². The van der Waals surface area contributed by atoms with E-state index in [4.69, 9.17) is 27.9 Å². The van der Waals surface area contributed by atoms with Crippen LogP contribution in [0.15, 0.2) is 74.5 Å². The van der Waals surface area contributed by atoms with E-state index in [1.165, 1.54) is 0 Å². The van der Waals surface area contributed by atoms with Crippen molar-refractivity contribution in [2.45, 2.75) is 6.61 Å². The highest BCUT2D eigenvalue weighted by Crippen LogP contribution is 2.38. The summed E-state index contributed by atoms with van der Waals surface area (Å²) in [5.41, 5.74) is 2.02. The SMILES string of the molecule is O=C(CN1C(=O)S/C(=C/c2cc(Br)c(OCc3ccccc3Cl)c(Br)c2)C1=O)Nc1ccc(Cl)cc1. The van der Waals surface area contributed by atoms with Crippen LogP contribution in [0.25, 0.3) is 6.08 Å². The van der Waals surface area contributed by atoms with Crippen molar-refractivity contribution in [1.82, 2.24) is 4.90 Å². The first kappa shape index (κ1) is 26.8. The maximum atomic E-state index is 12.8. The van der Waals surface area contributed by atoms with Gasteiger partial charge in [-0.1, -0.05) is 41.4 Å². The Labute approximate surface area is 238 Å². The molecular formula is C25H16Br2Cl2N2O4S. The largest absolute Gasteiger partial charge is 0.486 e. The number of benzene rings is 3. The molecule has 184 valence electrons. The molecule has 36 heavy (non-hydrogen) atoms. The van der Waals surface area contributed by atoms with Crippen molar-refractivity contribution < 1.29 is 19.1 Å². The van der Waals surface area contributed by atoms with E-state index in [9.17, 15) is 14.4 Å². The van der Waals surface area contributed by atoms with E-state index in [-0.39, 0.29) is 11.5 Å². The molecule has 0 saturated carbocycles. The summed E-state index contributed by atoms with van der Waals surface area (Å²) in [5, 5.41) is 3.27. The molecule has 0 unspecified atom stereocenters. The molecule has 3 aromatic carbocycles. The van der Waals surface area contributed by atoms with E-state index < -0.39 is 23.6 Å². The van der Waals surface area contributed by atoms with Crippen molar-refractivity contribution in [3.8, 4) is 5.75 Å². The number of rotatable bonds is 7. The second-order valence-corrected chi connectivity index (χ2v) is 11.1. The maximum absolute atomic E-state index is 12.8. The summed E-state index contributed by atoms with van der Waals surface area (Å²) in [6, 6.07) is 17.5. The van der Waals surface area contributed by atoms with E-state index in [1.54, 1.807) is 48.5 Å². The lowest BCUT2D eigenvalue weighted by molar-refractivity contribution is -0.127. The fourth-order valence-corrected chi connectivity index (χ4v) is 5.84. The number of halogens is 4. The molecule has 3 amide bonds. The number of hydrogen-bond acceptors (Lipinski definition) is 5. The van der Waals surface area contributed by atoms with Crippen molar-refractivity contribution in [3.63, 3.8) is 0 Å². The Bertz CT molecular complexity index is 1360. The van der Waals surface area contributed by atoms with Gasteiger partial charge in [-0.2, -0.15) is 0 Å². The predicted octanol–water partition coefficient (Wildman–Crippen LogP) is 7.77. The van der Waals surface area contributed by atoms with E-state index in [1.807, 2.05) is 18.2 Å². The molecule has 4 rings (SSSR count). The number of carbonyl (C=O) groups is 3. The first-order valence-corrected chi connectivity index (χ1v) is 13.5. The van der Waals surface area contributed by atoms with Crippen LogP contribution >= 0.6 is 66.8 Å². The van der Waals surface area contributed by atoms with Crippen LogP contribution in [0.3, 0.4) is 0 Å². The van der Waals surface area contributed by atoms with Gasteiger partial charge in [0.1, 0.15) is 18.9 Å². The molecule has 1 saturated heterocycles. The summed E-state index contributed by atoms with van der Waals surface area (Å²) in [6.07, 6.45) is 1.59. The molecule has 11 heteroatoms. The smallest absolute Gasteiger partial charge is 0.294 e. The maximum Gasteiger partial charge on any atom is 0.294 e. The van der Waals surface area contributed by atoms with Crippen molar-refractivity contribution in [3.05, 3.63) is 95.7 Å². The van der Waals surface area contributed by atoms with Crippen LogP contribution in [-0.4, -0.2) is 28.5 Å². The lowest BCUT2D eigenvalue weighted by Crippen LogP contribution is -2.36. The number of ether oxygens (including phenoxy) is 1. The van der Waals surface area contributed by atoms with Gasteiger partial charge in [-0.15, -0.1) is 0 Å². The summed E-state index contributed by atoms with van der Waals surface area (Å²) in [7, 11) is 0. The van der Waals surface area contributed by atoms with Crippen LogP contribution < -0.4 is 10.1 Å². The number of anilines is 1. The van der Waals surface area contributed by atoms with Gasteiger partial charge < -0.3 is 10.1 Å². The zero-order valence-corrected chi connectivity index (χ0v) is 23.8. The second kappa shape index (κ2) is 11.8. The van der Waals surface area contributed by atoms with Gasteiger partial charge in [-0.05, 0) is 97.7 Å². The van der Waals surface area contributed by atoms with Crippen molar-refractivity contribution >= 4 is 95.6 Å². The Kier molecular flexibility index (Phi) is 8.79. The Hall–Kier alpha value is -2.30. The number of imide groups is 1. The number of thioether (sulfide) groups is 1. The van der Waals surface area contributed by atoms with E-state index in [2.05, 4.69) is 37.2 Å². The molecule has 0 spiro atoms. The molecule has 0 radical (unpaired) electrons. The highest BCUT2D eigenvalue weighted by Gasteiger charge is 2.36. The molecule has 1 N–H and O–H groups in total. The standard InChI is InChI=1S/C25H16Br2Cl2N2O4S/c26-18-9-14(10-19(27)23(18)35-13-15-3-1-2-4-20(15)29)11-21-24(33)31(25(34)36-21)12-22(32)30-17-7-5-16(28)6-8-17/h1-11H,12-13H2,(H,30,32)/b21-11+. The Morgan fingerprint density at radius 3 is 2.36 bits per heavy atom. The van der Waals surface area contributed by atoms with Crippen LogP contribution in [0, 0.1) is 0 Å². The van der Waals surface area contributed by atoms with Crippen LogP contribution in [0.4, 0.5) is 10.5 Å². The van der Waals surface area contributed by atoms with Gasteiger partial charge in [0.25, 0.3) is 11.1 Å².